The van der Waals surface area contributed by atoms with Crippen molar-refractivity contribution in [3.63, 3.8) is 0 Å². The lowest BCUT2D eigenvalue weighted by Gasteiger charge is -2.24. The lowest BCUT2D eigenvalue weighted by molar-refractivity contribution is 0.0946. The van der Waals surface area contributed by atoms with Crippen molar-refractivity contribution in [1.82, 2.24) is 10.2 Å². The zero-order valence-electron chi connectivity index (χ0n) is 17.4. The second-order valence-electron chi connectivity index (χ2n) is 7.74. The van der Waals surface area contributed by atoms with E-state index in [1.165, 1.54) is 5.56 Å². The van der Waals surface area contributed by atoms with Crippen molar-refractivity contribution in [2.24, 2.45) is 5.92 Å². The number of hydrogen-bond acceptors (Lipinski definition) is 4. The maximum absolute atomic E-state index is 12.7. The number of carbonyl (C=O) groups excluding carboxylic acids is 1. The summed E-state index contributed by atoms with van der Waals surface area (Å²) in [5, 5.41) is 6.53. The molecule has 2 aromatic rings. The molecule has 29 heavy (non-hydrogen) atoms. The van der Waals surface area contributed by atoms with Crippen LogP contribution in [0, 0.1) is 5.92 Å². The molecule has 156 valence electrons. The summed E-state index contributed by atoms with van der Waals surface area (Å²) in [6.45, 7) is 4.98. The van der Waals surface area contributed by atoms with Gasteiger partial charge in [0, 0.05) is 38.8 Å². The van der Waals surface area contributed by atoms with Crippen molar-refractivity contribution in [2.45, 2.75) is 32.4 Å². The smallest absolute Gasteiger partial charge is 0.255 e. The number of anilines is 1. The fourth-order valence-corrected chi connectivity index (χ4v) is 4.35. The Morgan fingerprint density at radius 3 is 2.72 bits per heavy atom. The van der Waals surface area contributed by atoms with Crippen LogP contribution in [0.25, 0.3) is 0 Å². The summed E-state index contributed by atoms with van der Waals surface area (Å²) in [6, 6.07) is 14.4. The van der Waals surface area contributed by atoms with Crippen molar-refractivity contribution in [3.8, 4) is 5.75 Å². The van der Waals surface area contributed by atoms with Crippen molar-refractivity contribution in [3.05, 3.63) is 58.6 Å². The number of hydrogen-bond donors (Lipinski definition) is 2. The molecule has 1 fully saturated rings. The molecule has 0 spiro atoms. The summed E-state index contributed by atoms with van der Waals surface area (Å²) >= 11 is 6.25. The van der Waals surface area contributed by atoms with Gasteiger partial charge in [0.25, 0.3) is 5.91 Å². The summed E-state index contributed by atoms with van der Waals surface area (Å²) in [7, 11) is 3.34. The molecule has 0 radical (unpaired) electrons. The Kier molecular flexibility index (Phi) is 7.40. The Hall–Kier alpha value is -2.24. The number of amides is 1. The van der Waals surface area contributed by atoms with E-state index in [1.807, 2.05) is 6.07 Å². The molecule has 0 unspecified atom stereocenters. The molecule has 2 atom stereocenters. The van der Waals surface area contributed by atoms with Crippen molar-refractivity contribution < 1.29 is 9.53 Å². The van der Waals surface area contributed by atoms with E-state index in [0.29, 0.717) is 34.8 Å². The van der Waals surface area contributed by atoms with E-state index in [9.17, 15) is 4.79 Å². The fourth-order valence-electron chi connectivity index (χ4n) is 4.09. The second kappa shape index (κ2) is 9.99. The van der Waals surface area contributed by atoms with Gasteiger partial charge in [0.2, 0.25) is 0 Å². The SMILES string of the molecule is CNc1cc(OC)c(C(=O)NCC[C@H]2C[C@H](C)CN2Cc2ccccc2)cc1Cl. The van der Waals surface area contributed by atoms with Crippen LogP contribution in [0.4, 0.5) is 5.69 Å². The minimum atomic E-state index is -0.160. The van der Waals surface area contributed by atoms with Gasteiger partial charge >= 0.3 is 0 Å². The molecule has 1 aliphatic rings. The first kappa shape index (κ1) is 21.5. The Morgan fingerprint density at radius 2 is 2.03 bits per heavy atom. The molecule has 0 saturated carbocycles. The van der Waals surface area contributed by atoms with E-state index in [1.54, 1.807) is 26.3 Å². The van der Waals surface area contributed by atoms with Crippen LogP contribution in [-0.2, 0) is 6.54 Å². The molecule has 1 aliphatic heterocycles. The number of halogens is 1. The average molecular weight is 416 g/mol. The third-order valence-corrected chi connectivity index (χ3v) is 5.84. The van der Waals surface area contributed by atoms with Gasteiger partial charge in [-0.25, -0.2) is 0 Å². The summed E-state index contributed by atoms with van der Waals surface area (Å²) in [6.07, 6.45) is 2.09. The Balaban J connectivity index is 1.58. The lowest BCUT2D eigenvalue weighted by Crippen LogP contribution is -2.33. The number of methoxy groups -OCH3 is 1. The predicted octanol–water partition coefficient (Wildman–Crippen LogP) is 4.42. The summed E-state index contributed by atoms with van der Waals surface area (Å²) in [4.78, 5) is 15.2. The predicted molar refractivity (Wildman–Crippen MR) is 119 cm³/mol. The monoisotopic (exact) mass is 415 g/mol. The lowest BCUT2D eigenvalue weighted by atomic mass is 10.1. The zero-order valence-corrected chi connectivity index (χ0v) is 18.1. The number of carbonyl (C=O) groups is 1. The second-order valence-corrected chi connectivity index (χ2v) is 8.14. The number of ether oxygens (including phenoxy) is 1. The largest absolute Gasteiger partial charge is 0.496 e. The standard InChI is InChI=1S/C23H30ClN3O2/c1-16-11-18(27(14-16)15-17-7-5-4-6-8-17)9-10-26-23(28)19-12-20(24)21(25-2)13-22(19)29-3/h4-8,12-13,16,18,25H,9-11,14-15H2,1-3H3,(H,26,28)/t16-,18-/m0/s1. The van der Waals surface area contributed by atoms with E-state index in [-0.39, 0.29) is 5.91 Å². The van der Waals surface area contributed by atoms with Crippen molar-refractivity contribution >= 4 is 23.2 Å². The quantitative estimate of drug-likeness (QED) is 0.670. The van der Waals surface area contributed by atoms with Gasteiger partial charge in [-0.3, -0.25) is 9.69 Å². The van der Waals surface area contributed by atoms with Gasteiger partial charge in [-0.2, -0.15) is 0 Å². The molecule has 6 heteroatoms. The van der Waals surface area contributed by atoms with E-state index >= 15 is 0 Å². The average Bonchev–Trinajstić information content (AvgIpc) is 3.07. The number of likely N-dealkylation sites (tertiary alicyclic amines) is 1. The third kappa shape index (κ3) is 5.43. The van der Waals surface area contributed by atoms with Gasteiger partial charge in [-0.1, -0.05) is 48.9 Å². The number of benzene rings is 2. The summed E-state index contributed by atoms with van der Waals surface area (Å²) < 4.78 is 5.37. The molecule has 5 nitrogen and oxygen atoms in total. The zero-order chi connectivity index (χ0) is 20.8. The maximum Gasteiger partial charge on any atom is 0.255 e. The number of rotatable bonds is 8. The van der Waals surface area contributed by atoms with Crippen LogP contribution >= 0.6 is 11.6 Å². The third-order valence-electron chi connectivity index (χ3n) is 5.53. The van der Waals surface area contributed by atoms with Gasteiger partial charge in [0.05, 0.1) is 23.4 Å². The minimum absolute atomic E-state index is 0.160. The van der Waals surface area contributed by atoms with E-state index in [4.69, 9.17) is 16.3 Å². The summed E-state index contributed by atoms with van der Waals surface area (Å²) in [5.74, 6) is 1.02. The van der Waals surface area contributed by atoms with Gasteiger partial charge in [-0.15, -0.1) is 0 Å². The van der Waals surface area contributed by atoms with Crippen LogP contribution in [0.2, 0.25) is 5.02 Å². The Morgan fingerprint density at radius 1 is 1.28 bits per heavy atom. The van der Waals surface area contributed by atoms with E-state index in [2.05, 4.69) is 46.7 Å². The topological polar surface area (TPSA) is 53.6 Å². The van der Waals surface area contributed by atoms with E-state index < -0.39 is 0 Å². The maximum atomic E-state index is 12.7. The van der Waals surface area contributed by atoms with Crippen LogP contribution in [0.3, 0.4) is 0 Å². The molecule has 1 saturated heterocycles. The van der Waals surface area contributed by atoms with Gasteiger partial charge in [-0.05, 0) is 30.4 Å². The molecule has 2 N–H and O–H groups in total. The minimum Gasteiger partial charge on any atom is -0.496 e. The molecule has 0 bridgehead atoms. The molecule has 0 aromatic heterocycles. The highest BCUT2D eigenvalue weighted by Gasteiger charge is 2.29. The van der Waals surface area contributed by atoms with Crippen LogP contribution in [-0.4, -0.2) is 44.1 Å². The van der Waals surface area contributed by atoms with Gasteiger partial charge in [0.15, 0.2) is 0 Å². The fraction of sp³-hybridized carbons (Fsp3) is 0.435. The van der Waals surface area contributed by atoms with E-state index in [0.717, 1.165) is 31.6 Å². The first-order valence-corrected chi connectivity index (χ1v) is 10.5. The number of nitrogens with one attached hydrogen (secondary N) is 2. The molecule has 3 rings (SSSR count). The molecule has 1 amide bonds. The Labute approximate surface area is 178 Å². The normalized spacial score (nSPS) is 19.2. The first-order valence-electron chi connectivity index (χ1n) is 10.1. The molecule has 2 aromatic carbocycles. The first-order chi connectivity index (χ1) is 14.0. The highest BCUT2D eigenvalue weighted by Crippen LogP contribution is 2.31. The van der Waals surface area contributed by atoms with Crippen LogP contribution in [0.1, 0.15) is 35.7 Å². The van der Waals surface area contributed by atoms with Crippen LogP contribution in [0.15, 0.2) is 42.5 Å². The number of nitrogens with zero attached hydrogens (tertiary/aromatic N) is 1. The van der Waals surface area contributed by atoms with Crippen LogP contribution in [0.5, 0.6) is 5.75 Å². The summed E-state index contributed by atoms with van der Waals surface area (Å²) in [5.41, 5.74) is 2.52. The highest BCUT2D eigenvalue weighted by atomic mass is 35.5. The molecular weight excluding hydrogens is 386 g/mol. The van der Waals surface area contributed by atoms with Crippen molar-refractivity contribution in [2.75, 3.05) is 32.6 Å². The van der Waals surface area contributed by atoms with Crippen LogP contribution < -0.4 is 15.4 Å². The Bertz CT molecular complexity index is 828. The molecule has 1 heterocycles. The van der Waals surface area contributed by atoms with Gasteiger partial charge in [0.1, 0.15) is 5.75 Å². The highest BCUT2D eigenvalue weighted by molar-refractivity contribution is 6.33. The molecule has 0 aliphatic carbocycles. The molecular formula is C23H30ClN3O2. The van der Waals surface area contributed by atoms with Gasteiger partial charge < -0.3 is 15.4 Å². The van der Waals surface area contributed by atoms with Crippen molar-refractivity contribution in [1.29, 1.82) is 0 Å².